The molecule has 7 nitrogen and oxygen atoms in total. The van der Waals surface area contributed by atoms with E-state index in [-0.39, 0.29) is 43.8 Å². The number of rotatable bonds is 8. The maximum absolute atomic E-state index is 12.7. The molecule has 0 atom stereocenters. The maximum Gasteiger partial charge on any atom is 0.339 e. The number of carbonyl (C=O) groups excluding carboxylic acids is 1. The molecule has 0 heterocycles. The van der Waals surface area contributed by atoms with Gasteiger partial charge in [0, 0.05) is 5.02 Å². The van der Waals surface area contributed by atoms with Gasteiger partial charge in [0.15, 0.2) is 11.5 Å². The minimum atomic E-state index is -4.14. The lowest BCUT2D eigenvalue weighted by Gasteiger charge is -2.14. The molecule has 3 rings (SSSR count). The Bertz CT molecular complexity index is 1440. The highest BCUT2D eigenvalue weighted by molar-refractivity contribution is 9.10. The number of carbonyl (C=O) groups is 1. The molecule has 180 valence electrons. The van der Waals surface area contributed by atoms with Crippen molar-refractivity contribution in [1.29, 1.82) is 5.26 Å². The number of ether oxygens (including phenoxy) is 1. The van der Waals surface area contributed by atoms with Crippen LogP contribution in [0.1, 0.15) is 12.5 Å². The van der Waals surface area contributed by atoms with Crippen molar-refractivity contribution in [3.8, 4) is 17.6 Å². The molecule has 3 aromatic rings. The van der Waals surface area contributed by atoms with Gasteiger partial charge in [-0.15, -0.1) is 0 Å². The first-order valence-electron chi connectivity index (χ1n) is 9.98. The number of nitriles is 1. The third-order valence-electron chi connectivity index (χ3n) is 4.41. The quantitative estimate of drug-likeness (QED) is 0.182. The first kappa shape index (κ1) is 26.6. The van der Waals surface area contributed by atoms with E-state index in [2.05, 4.69) is 21.2 Å². The van der Waals surface area contributed by atoms with Crippen molar-refractivity contribution in [3.05, 3.63) is 86.3 Å². The Labute approximate surface area is 221 Å². The van der Waals surface area contributed by atoms with Crippen LogP contribution in [0.4, 0.5) is 5.69 Å². The molecule has 0 aliphatic heterocycles. The van der Waals surface area contributed by atoms with Gasteiger partial charge in [0.1, 0.15) is 16.5 Å². The maximum atomic E-state index is 12.7. The van der Waals surface area contributed by atoms with E-state index < -0.39 is 16.0 Å². The Morgan fingerprint density at radius 1 is 1.14 bits per heavy atom. The summed E-state index contributed by atoms with van der Waals surface area (Å²) in [5.41, 5.74) is 0.394. The van der Waals surface area contributed by atoms with Gasteiger partial charge in [0.2, 0.25) is 0 Å². The molecule has 0 fully saturated rings. The summed E-state index contributed by atoms with van der Waals surface area (Å²) in [6.07, 6.45) is 1.32. The van der Waals surface area contributed by atoms with Gasteiger partial charge in [-0.1, -0.05) is 41.4 Å². The molecule has 0 bridgehead atoms. The number of halogens is 3. The third-order valence-corrected chi connectivity index (χ3v) is 6.80. The van der Waals surface area contributed by atoms with E-state index >= 15 is 0 Å². The van der Waals surface area contributed by atoms with Gasteiger partial charge in [-0.25, -0.2) is 0 Å². The molecule has 3 aromatic carbocycles. The molecule has 0 saturated heterocycles. The summed E-state index contributed by atoms with van der Waals surface area (Å²) in [4.78, 5) is 12.6. The minimum Gasteiger partial charge on any atom is -0.490 e. The van der Waals surface area contributed by atoms with Gasteiger partial charge >= 0.3 is 10.1 Å². The summed E-state index contributed by atoms with van der Waals surface area (Å²) in [7, 11) is -4.14. The van der Waals surface area contributed by atoms with Crippen LogP contribution in [0, 0.1) is 11.3 Å². The predicted molar refractivity (Wildman–Crippen MR) is 138 cm³/mol. The molecular weight excluding hydrogens is 579 g/mol. The zero-order chi connectivity index (χ0) is 25.6. The summed E-state index contributed by atoms with van der Waals surface area (Å²) in [5, 5.41) is 12.7. The van der Waals surface area contributed by atoms with E-state index in [0.29, 0.717) is 10.6 Å². The fourth-order valence-electron chi connectivity index (χ4n) is 2.86. The summed E-state index contributed by atoms with van der Waals surface area (Å²) in [5.74, 6) is -0.678. The Hall–Kier alpha value is -3.03. The molecule has 1 amide bonds. The van der Waals surface area contributed by atoms with E-state index in [1.807, 2.05) is 6.07 Å². The molecule has 0 aliphatic rings. The lowest BCUT2D eigenvalue weighted by atomic mass is 10.1. The Morgan fingerprint density at radius 2 is 1.86 bits per heavy atom. The van der Waals surface area contributed by atoms with E-state index in [1.54, 1.807) is 31.2 Å². The zero-order valence-corrected chi connectivity index (χ0v) is 22.0. The summed E-state index contributed by atoms with van der Waals surface area (Å²) in [6.45, 7) is 1.93. The topological polar surface area (TPSA) is 105 Å². The highest BCUT2D eigenvalue weighted by Gasteiger charge is 2.22. The van der Waals surface area contributed by atoms with E-state index in [0.717, 1.165) is 0 Å². The van der Waals surface area contributed by atoms with Gasteiger partial charge in [0.05, 0.1) is 21.8 Å². The monoisotopic (exact) mass is 594 g/mol. The fourth-order valence-corrected chi connectivity index (χ4v) is 4.82. The summed E-state index contributed by atoms with van der Waals surface area (Å²) >= 11 is 15.3. The molecule has 0 unspecified atom stereocenters. The number of anilines is 1. The van der Waals surface area contributed by atoms with Crippen molar-refractivity contribution in [3.63, 3.8) is 0 Å². The van der Waals surface area contributed by atoms with Crippen LogP contribution in [-0.4, -0.2) is 20.9 Å². The van der Waals surface area contributed by atoms with Crippen molar-refractivity contribution in [1.82, 2.24) is 0 Å². The highest BCUT2D eigenvalue weighted by atomic mass is 79.9. The first-order chi connectivity index (χ1) is 16.6. The van der Waals surface area contributed by atoms with E-state index in [1.165, 1.54) is 42.5 Å². The predicted octanol–water partition coefficient (Wildman–Crippen LogP) is 6.47. The summed E-state index contributed by atoms with van der Waals surface area (Å²) < 4.78 is 36.6. The molecule has 35 heavy (non-hydrogen) atoms. The molecule has 0 aromatic heterocycles. The molecule has 0 spiro atoms. The van der Waals surface area contributed by atoms with Crippen LogP contribution in [0.25, 0.3) is 6.08 Å². The Kier molecular flexibility index (Phi) is 8.81. The van der Waals surface area contributed by atoms with Crippen molar-refractivity contribution in [2.45, 2.75) is 11.8 Å². The van der Waals surface area contributed by atoms with Crippen LogP contribution in [0.2, 0.25) is 10.0 Å². The van der Waals surface area contributed by atoms with E-state index in [4.69, 9.17) is 32.1 Å². The van der Waals surface area contributed by atoms with Gasteiger partial charge in [0.25, 0.3) is 5.91 Å². The largest absolute Gasteiger partial charge is 0.490 e. The lowest BCUT2D eigenvalue weighted by Crippen LogP contribution is -2.14. The zero-order valence-electron chi connectivity index (χ0n) is 18.1. The SMILES string of the molecule is CCOc1cc(/C=C(\C#N)C(=O)Nc2cc(Cl)ccc2Cl)cc(Br)c1OS(=O)(=O)c1ccccc1. The molecular formula is C24H17BrCl2N2O5S. The first-order valence-corrected chi connectivity index (χ1v) is 12.9. The van der Waals surface area contributed by atoms with Crippen LogP contribution < -0.4 is 14.2 Å². The molecule has 0 aliphatic carbocycles. The second kappa shape index (κ2) is 11.6. The van der Waals surface area contributed by atoms with Gasteiger partial charge < -0.3 is 14.2 Å². The average molecular weight is 596 g/mol. The number of hydrogen-bond donors (Lipinski definition) is 1. The third kappa shape index (κ3) is 6.77. The number of nitrogens with one attached hydrogen (secondary N) is 1. The number of nitrogens with zero attached hydrogens (tertiary/aromatic N) is 1. The average Bonchev–Trinajstić information content (AvgIpc) is 2.82. The summed E-state index contributed by atoms with van der Waals surface area (Å²) in [6, 6.07) is 17.0. The number of benzene rings is 3. The standard InChI is InChI=1S/C24H17BrCl2N2O5S/c1-2-33-22-12-15(10-16(14-28)24(30)29-21-13-17(26)8-9-20(21)27)11-19(25)23(22)34-35(31,32)18-6-4-3-5-7-18/h3-13H,2H2,1H3,(H,29,30)/b16-10+. The van der Waals surface area contributed by atoms with Crippen molar-refractivity contribution < 1.29 is 22.1 Å². The number of hydrogen-bond acceptors (Lipinski definition) is 6. The van der Waals surface area contributed by atoms with Crippen molar-refractivity contribution >= 4 is 66.9 Å². The van der Waals surface area contributed by atoms with Gasteiger partial charge in [-0.3, -0.25) is 4.79 Å². The highest BCUT2D eigenvalue weighted by Crippen LogP contribution is 2.39. The second-order valence-corrected chi connectivity index (χ2v) is 10.1. The lowest BCUT2D eigenvalue weighted by molar-refractivity contribution is -0.112. The van der Waals surface area contributed by atoms with Crippen LogP contribution in [-0.2, 0) is 14.9 Å². The number of amides is 1. The minimum absolute atomic E-state index is 0.0264. The van der Waals surface area contributed by atoms with Crippen molar-refractivity contribution in [2.75, 3.05) is 11.9 Å². The van der Waals surface area contributed by atoms with Crippen LogP contribution in [0.15, 0.2) is 75.6 Å². The fraction of sp³-hybridized carbons (Fsp3) is 0.0833. The normalized spacial score (nSPS) is 11.5. The van der Waals surface area contributed by atoms with Crippen LogP contribution in [0.5, 0.6) is 11.5 Å². The van der Waals surface area contributed by atoms with E-state index in [9.17, 15) is 18.5 Å². The van der Waals surface area contributed by atoms with Crippen LogP contribution in [0.3, 0.4) is 0 Å². The van der Waals surface area contributed by atoms with Crippen molar-refractivity contribution in [2.24, 2.45) is 0 Å². The Balaban J connectivity index is 1.95. The van der Waals surface area contributed by atoms with Gasteiger partial charge in [-0.2, -0.15) is 13.7 Å². The van der Waals surface area contributed by atoms with Crippen LogP contribution >= 0.6 is 39.1 Å². The smallest absolute Gasteiger partial charge is 0.339 e. The second-order valence-electron chi connectivity index (χ2n) is 6.86. The molecule has 11 heteroatoms. The molecule has 0 radical (unpaired) electrons. The van der Waals surface area contributed by atoms with Gasteiger partial charge in [-0.05, 0) is 77.0 Å². The molecule has 1 N–H and O–H groups in total. The molecule has 0 saturated carbocycles. The Morgan fingerprint density at radius 3 is 2.51 bits per heavy atom.